The summed E-state index contributed by atoms with van der Waals surface area (Å²) in [6, 6.07) is 15.9. The maximum absolute atomic E-state index is 11.0. The number of phenolic OH excluding ortho intramolecular Hbond substituents is 1. The van der Waals surface area contributed by atoms with Gasteiger partial charge in [-0.05, 0) is 22.9 Å². The van der Waals surface area contributed by atoms with Gasteiger partial charge in [-0.1, -0.05) is 57.8 Å². The van der Waals surface area contributed by atoms with Crippen LogP contribution in [-0.4, -0.2) is 17.9 Å². The molecule has 0 unspecified atom stereocenters. The van der Waals surface area contributed by atoms with Crippen LogP contribution in [0.15, 0.2) is 53.0 Å². The minimum absolute atomic E-state index is 0.280. The molecule has 0 spiro atoms. The summed E-state index contributed by atoms with van der Waals surface area (Å²) in [5, 5.41) is 18.9. The molecule has 0 aliphatic rings. The number of hydrogen-bond acceptors (Lipinski definition) is 2. The molecule has 6 aromatic rings. The lowest BCUT2D eigenvalue weighted by Gasteiger charge is -2.19. The van der Waals surface area contributed by atoms with Gasteiger partial charge in [0.15, 0.2) is 0 Å². The first-order chi connectivity index (χ1) is 12.1. The summed E-state index contributed by atoms with van der Waals surface area (Å²) >= 11 is 3.67. The topological polar surface area (TPSA) is 33.1 Å². The van der Waals surface area contributed by atoms with Crippen LogP contribution in [0, 0.1) is 0 Å². The summed E-state index contributed by atoms with van der Waals surface area (Å²) in [4.78, 5) is 4.90. The van der Waals surface area contributed by atoms with Crippen LogP contribution in [0.3, 0.4) is 0 Å². The highest BCUT2D eigenvalue weighted by atomic mass is 79.9. The average molecular weight is 382 g/mol. The van der Waals surface area contributed by atoms with E-state index in [1.807, 2.05) is 36.4 Å². The standard InChI is InChI=1S/C21H9BBrNO/c22-13-7-12-19-18-9(13)3-2-6-15(18)24-16-8-14(23)10-4-1-5-11(21(12)25)17(10)20(16)19/h1-8,25H. The van der Waals surface area contributed by atoms with Crippen LogP contribution in [0.25, 0.3) is 54.1 Å². The molecule has 0 saturated carbocycles. The number of nitrogens with zero attached hydrogens (tertiary/aromatic N) is 1. The first-order valence-electron chi connectivity index (χ1n) is 8.04. The largest absolute Gasteiger partial charge is 0.507 e. The third-order valence-electron chi connectivity index (χ3n) is 5.27. The van der Waals surface area contributed by atoms with Crippen LogP contribution < -0.4 is 5.46 Å². The zero-order valence-corrected chi connectivity index (χ0v) is 14.6. The fraction of sp³-hybridized carbons (Fsp3) is 0. The minimum atomic E-state index is 0.280. The van der Waals surface area contributed by atoms with Gasteiger partial charge < -0.3 is 5.11 Å². The molecule has 2 nitrogen and oxygen atoms in total. The van der Waals surface area contributed by atoms with Gasteiger partial charge in [0.05, 0.1) is 11.0 Å². The number of hydrogen-bond donors (Lipinski definition) is 1. The predicted molar refractivity (Wildman–Crippen MR) is 109 cm³/mol. The monoisotopic (exact) mass is 381 g/mol. The highest BCUT2D eigenvalue weighted by Gasteiger charge is 2.21. The van der Waals surface area contributed by atoms with E-state index in [4.69, 9.17) is 12.8 Å². The molecule has 1 aromatic heterocycles. The van der Waals surface area contributed by atoms with E-state index >= 15 is 0 Å². The van der Waals surface area contributed by atoms with Crippen molar-refractivity contribution < 1.29 is 5.11 Å². The molecule has 0 aliphatic heterocycles. The first kappa shape index (κ1) is 13.7. The van der Waals surface area contributed by atoms with Gasteiger partial charge in [-0.25, -0.2) is 4.98 Å². The quantitative estimate of drug-likeness (QED) is 0.228. The third-order valence-corrected chi connectivity index (χ3v) is 5.92. The van der Waals surface area contributed by atoms with Crippen LogP contribution in [0.1, 0.15) is 0 Å². The lowest BCUT2D eigenvalue weighted by molar-refractivity contribution is 0.488. The second-order valence-electron chi connectivity index (χ2n) is 6.53. The Bertz CT molecular complexity index is 1470. The summed E-state index contributed by atoms with van der Waals surface area (Å²) in [5.74, 6) is 0.280. The zero-order valence-electron chi connectivity index (χ0n) is 13.0. The van der Waals surface area contributed by atoms with Crippen molar-refractivity contribution in [2.45, 2.75) is 0 Å². The summed E-state index contributed by atoms with van der Waals surface area (Å²) < 4.78 is 0.981. The molecule has 2 radical (unpaired) electrons. The smallest absolute Gasteiger partial charge is 0.131 e. The Morgan fingerprint density at radius 1 is 0.760 bits per heavy atom. The maximum Gasteiger partial charge on any atom is 0.131 e. The molecular formula is C21H9BBrNO. The van der Waals surface area contributed by atoms with E-state index in [1.54, 1.807) is 0 Å². The van der Waals surface area contributed by atoms with Crippen LogP contribution in [0.2, 0.25) is 0 Å². The third kappa shape index (κ3) is 1.50. The van der Waals surface area contributed by atoms with Gasteiger partial charge in [0.25, 0.3) is 0 Å². The number of rotatable bonds is 0. The first-order valence-corrected chi connectivity index (χ1v) is 8.83. The molecule has 25 heavy (non-hydrogen) atoms. The van der Waals surface area contributed by atoms with E-state index in [1.165, 1.54) is 0 Å². The molecule has 0 atom stereocenters. The summed E-state index contributed by atoms with van der Waals surface area (Å²) in [7, 11) is 6.30. The second kappa shape index (κ2) is 4.33. The van der Waals surface area contributed by atoms with Crippen molar-refractivity contribution in [1.82, 2.24) is 4.98 Å². The van der Waals surface area contributed by atoms with Gasteiger partial charge in [-0.2, -0.15) is 0 Å². The molecule has 0 saturated heterocycles. The van der Waals surface area contributed by atoms with E-state index in [0.29, 0.717) is 5.46 Å². The Morgan fingerprint density at radius 2 is 1.52 bits per heavy atom. The van der Waals surface area contributed by atoms with Gasteiger partial charge in [0.2, 0.25) is 0 Å². The lowest BCUT2D eigenvalue weighted by Crippen LogP contribution is -2.06. The Hall–Kier alpha value is -2.59. The molecular weight excluding hydrogens is 373 g/mol. The molecule has 114 valence electrons. The van der Waals surface area contributed by atoms with Crippen LogP contribution >= 0.6 is 15.9 Å². The van der Waals surface area contributed by atoms with Crippen molar-refractivity contribution in [3.05, 3.63) is 53.0 Å². The van der Waals surface area contributed by atoms with Crippen molar-refractivity contribution in [3.8, 4) is 5.75 Å². The van der Waals surface area contributed by atoms with E-state index in [2.05, 4.69) is 28.1 Å². The van der Waals surface area contributed by atoms with Gasteiger partial charge in [-0.15, -0.1) is 0 Å². The van der Waals surface area contributed by atoms with E-state index in [9.17, 15) is 5.11 Å². The number of aromatic nitrogens is 1. The molecule has 1 heterocycles. The van der Waals surface area contributed by atoms with Crippen LogP contribution in [0.4, 0.5) is 0 Å². The van der Waals surface area contributed by atoms with E-state index in [-0.39, 0.29) is 5.75 Å². The van der Waals surface area contributed by atoms with E-state index in [0.717, 1.165) is 58.6 Å². The highest BCUT2D eigenvalue weighted by Crippen LogP contribution is 2.47. The number of phenols is 1. The van der Waals surface area contributed by atoms with Crippen molar-refractivity contribution in [3.63, 3.8) is 0 Å². The maximum atomic E-state index is 11.0. The molecule has 0 fully saturated rings. The number of pyridine rings is 1. The Kier molecular flexibility index (Phi) is 2.37. The number of halogens is 1. The Balaban J connectivity index is 2.16. The van der Waals surface area contributed by atoms with Crippen LogP contribution in [0.5, 0.6) is 5.75 Å². The zero-order chi connectivity index (χ0) is 16.9. The van der Waals surface area contributed by atoms with Crippen molar-refractivity contribution in [2.75, 3.05) is 0 Å². The molecule has 0 amide bonds. The van der Waals surface area contributed by atoms with Crippen LogP contribution in [-0.2, 0) is 0 Å². The second-order valence-corrected chi connectivity index (χ2v) is 7.38. The molecule has 0 aliphatic carbocycles. The molecule has 4 heteroatoms. The number of aromatic hydroxyl groups is 1. The Morgan fingerprint density at radius 3 is 2.40 bits per heavy atom. The predicted octanol–water partition coefficient (Wildman–Crippen LogP) is 4.99. The van der Waals surface area contributed by atoms with Gasteiger partial charge in [0.1, 0.15) is 13.6 Å². The van der Waals surface area contributed by atoms with E-state index < -0.39 is 0 Å². The SMILES string of the molecule is [B]c1cc2c(O)c3cccc4c(Br)cc5nc6cccc1c6c2c5c43. The van der Waals surface area contributed by atoms with Gasteiger partial charge >= 0.3 is 0 Å². The Labute approximate surface area is 152 Å². The van der Waals surface area contributed by atoms with Crippen molar-refractivity contribution in [2.24, 2.45) is 0 Å². The summed E-state index contributed by atoms with van der Waals surface area (Å²) in [5.41, 5.74) is 2.48. The minimum Gasteiger partial charge on any atom is -0.507 e. The van der Waals surface area contributed by atoms with Crippen molar-refractivity contribution in [1.29, 1.82) is 0 Å². The fourth-order valence-electron chi connectivity index (χ4n) is 4.26. The highest BCUT2D eigenvalue weighted by molar-refractivity contribution is 9.10. The summed E-state index contributed by atoms with van der Waals surface area (Å²) in [6.45, 7) is 0. The summed E-state index contributed by atoms with van der Waals surface area (Å²) in [6.07, 6.45) is 0. The average Bonchev–Trinajstić information content (AvgIpc) is 2.62. The van der Waals surface area contributed by atoms with Gasteiger partial charge in [0, 0.05) is 36.8 Å². The normalized spacial score (nSPS) is 12.5. The van der Waals surface area contributed by atoms with Crippen molar-refractivity contribution >= 4 is 83.4 Å². The molecule has 5 aromatic carbocycles. The molecule has 0 bridgehead atoms. The van der Waals surface area contributed by atoms with Gasteiger partial charge in [-0.3, -0.25) is 0 Å². The molecule has 1 N–H and O–H groups in total. The lowest BCUT2D eigenvalue weighted by atomic mass is 9.83. The molecule has 6 rings (SSSR count). The number of benzene rings is 5. The fourth-order valence-corrected chi connectivity index (χ4v) is 4.80.